The van der Waals surface area contributed by atoms with Gasteiger partial charge in [0.15, 0.2) is 19.7 Å². The number of hydrogen-bond donors (Lipinski definition) is 0. The van der Waals surface area contributed by atoms with E-state index < -0.39 is 57.1 Å². The Morgan fingerprint density at radius 3 is 1.38 bits per heavy atom. The lowest BCUT2D eigenvalue weighted by Crippen LogP contribution is -2.28. The Morgan fingerprint density at radius 2 is 1.02 bits per heavy atom. The van der Waals surface area contributed by atoms with Crippen LogP contribution in [0.3, 0.4) is 0 Å². The fourth-order valence-corrected chi connectivity index (χ4v) is 13.0. The van der Waals surface area contributed by atoms with Gasteiger partial charge >= 0.3 is 0 Å². The second-order valence-corrected chi connectivity index (χ2v) is 24.0. The number of fused-ring (bicyclic) bond motifs is 6. The van der Waals surface area contributed by atoms with E-state index in [9.17, 15) is 16.8 Å². The van der Waals surface area contributed by atoms with Gasteiger partial charge in [-0.15, -0.1) is 10.2 Å². The number of rotatable bonds is 14. The highest BCUT2D eigenvalue weighted by Crippen LogP contribution is 2.47. The summed E-state index contributed by atoms with van der Waals surface area (Å²) in [6, 6.07) is 7.45. The lowest BCUT2D eigenvalue weighted by molar-refractivity contribution is 0.0541. The molecule has 2 aliphatic heterocycles. The Bertz CT molecular complexity index is 4260. The van der Waals surface area contributed by atoms with E-state index in [-0.39, 0.29) is 91.8 Å². The molecule has 2 unspecified atom stereocenters. The van der Waals surface area contributed by atoms with Crippen LogP contribution in [0.5, 0.6) is 11.8 Å². The molecule has 0 spiro atoms. The van der Waals surface area contributed by atoms with Crippen molar-refractivity contribution >= 4 is 63.5 Å². The van der Waals surface area contributed by atoms with E-state index in [0.29, 0.717) is 96.1 Å². The number of aryl methyl sites for hydroxylation is 4. The average molecular weight is 1170 g/mol. The fraction of sp³-hybridized carbons (Fsp3) is 0.393. The zero-order valence-electron chi connectivity index (χ0n) is 51.4. The fourth-order valence-electron chi connectivity index (χ4n) is 11.4. The van der Waals surface area contributed by atoms with Crippen LogP contribution in [0.25, 0.3) is 66.4 Å². The van der Waals surface area contributed by atoms with Crippen LogP contribution in [-0.2, 0) is 43.2 Å². The van der Waals surface area contributed by atoms with Crippen molar-refractivity contribution in [2.45, 2.75) is 75.1 Å². The van der Waals surface area contributed by atoms with Crippen LogP contribution < -0.4 is 9.47 Å². The first kappa shape index (κ1) is 48.7. The number of hydrogen-bond acceptors (Lipinski definition) is 18. The molecule has 2 saturated heterocycles. The average Bonchev–Trinajstić information content (AvgIpc) is 1.58. The second kappa shape index (κ2) is 22.4. The van der Waals surface area contributed by atoms with Gasteiger partial charge in [-0.05, 0) is 101 Å². The molecule has 0 bridgehead atoms. The van der Waals surface area contributed by atoms with Crippen molar-refractivity contribution in [2.24, 2.45) is 25.9 Å². The standard InChI is InChI=1S/2C28H30FN7O4S/c2*1-5-40-28-22-24-20(13-18(14-31-24)25-16(2)33-34-35(25)3)36(27(22)21(15-32-28)41(4,37)38)26(17-8-11-39-12-9-17)23-19(29)7-6-10-30-23/h2*6-7,10,13-15,17,26H,5,8-9,11-12H2,1-4H3/i2*2D3. The summed E-state index contributed by atoms with van der Waals surface area (Å²) in [5.74, 6) is -1.19. The van der Waals surface area contributed by atoms with Crippen molar-refractivity contribution in [1.29, 1.82) is 0 Å². The number of nitrogens with zero attached hydrogens (tertiary/aromatic N) is 14. The number of aromatic nitrogens is 14. The lowest BCUT2D eigenvalue weighted by atomic mass is 9.88. The predicted molar refractivity (Wildman–Crippen MR) is 300 cm³/mol. The lowest BCUT2D eigenvalue weighted by Gasteiger charge is -2.32. The summed E-state index contributed by atoms with van der Waals surface area (Å²) in [4.78, 5) is 26.9. The number of pyridine rings is 6. The van der Waals surface area contributed by atoms with Gasteiger partial charge in [-0.25, -0.2) is 44.9 Å². The zero-order chi connectivity index (χ0) is 62.8. The van der Waals surface area contributed by atoms with Gasteiger partial charge in [-0.2, -0.15) is 0 Å². The molecular formula is C56H60F2N14O8S2. The van der Waals surface area contributed by atoms with E-state index in [1.165, 1.54) is 70.8 Å². The summed E-state index contributed by atoms with van der Waals surface area (Å²) >= 11 is 0. The SMILES string of the molecule is [2H]C([2H])([2H])c1nnn(C)c1-c1cnc2c3c(OCC)ncc(S(C)(=O)=O)c3n(C(c3ncccc3F)C3CCOCC3)c2c1.[2H]C([2H])([2H])c1nnn(C)c1-c1cnc2c3c(OCC)ncc(S(C)(=O)=O)c3n(C(c3ncccc3F)C3CCOCC3)c2c1. The Hall–Kier alpha value is -7.94. The molecule has 2 fully saturated rings. The molecule has 0 aromatic carbocycles. The molecule has 22 nitrogen and oxygen atoms in total. The van der Waals surface area contributed by atoms with Gasteiger partial charge in [-0.1, -0.05) is 10.4 Å². The van der Waals surface area contributed by atoms with Crippen LogP contribution in [0.15, 0.2) is 83.4 Å². The molecule has 2 aliphatic rings. The molecule has 26 heteroatoms. The van der Waals surface area contributed by atoms with Gasteiger partial charge in [0.25, 0.3) is 0 Å². The molecule has 0 saturated carbocycles. The summed E-state index contributed by atoms with van der Waals surface area (Å²) in [6.45, 7) is 0.647. The van der Waals surface area contributed by atoms with Gasteiger partial charge in [0.05, 0.1) is 105 Å². The molecule has 0 radical (unpaired) electrons. The smallest absolute Gasteiger partial charge is 0.225 e. The first-order chi connectivity index (χ1) is 41.8. The Kier molecular flexibility index (Phi) is 13.3. The van der Waals surface area contributed by atoms with Gasteiger partial charge < -0.3 is 28.1 Å². The van der Waals surface area contributed by atoms with E-state index in [1.54, 1.807) is 49.2 Å². The maximum atomic E-state index is 15.7. The van der Waals surface area contributed by atoms with Gasteiger partial charge in [-0.3, -0.25) is 19.9 Å². The van der Waals surface area contributed by atoms with E-state index >= 15 is 8.78 Å². The van der Waals surface area contributed by atoms with Crippen LogP contribution in [-0.4, -0.2) is 138 Å². The number of ether oxygens (including phenoxy) is 4. The normalized spacial score (nSPS) is 16.9. The maximum Gasteiger partial charge on any atom is 0.225 e. The zero-order valence-corrected chi connectivity index (χ0v) is 47.0. The molecule has 12 heterocycles. The molecule has 10 aromatic heterocycles. The minimum Gasteiger partial charge on any atom is -0.477 e. The minimum atomic E-state index is -3.88. The van der Waals surface area contributed by atoms with Crippen LogP contribution in [0.4, 0.5) is 8.78 Å². The molecule has 0 N–H and O–H groups in total. The largest absolute Gasteiger partial charge is 0.477 e. The molecule has 0 amide bonds. The third-order valence-corrected chi connectivity index (χ3v) is 17.0. The van der Waals surface area contributed by atoms with Crippen LogP contribution >= 0.6 is 0 Å². The van der Waals surface area contributed by atoms with Crippen molar-refractivity contribution in [3.05, 3.63) is 108 Å². The first-order valence-electron chi connectivity index (χ1n) is 29.3. The summed E-state index contributed by atoms with van der Waals surface area (Å²) in [7, 11) is -4.61. The Balaban J connectivity index is 0.000000182. The molecule has 0 aliphatic carbocycles. The van der Waals surface area contributed by atoms with E-state index in [2.05, 4.69) is 40.6 Å². The summed E-state index contributed by atoms with van der Waals surface area (Å²) < 4.78 is 162. The van der Waals surface area contributed by atoms with Crippen molar-refractivity contribution < 1.29 is 52.8 Å². The Labute approximate surface area is 479 Å². The van der Waals surface area contributed by atoms with Crippen molar-refractivity contribution in [2.75, 3.05) is 52.2 Å². The second-order valence-electron chi connectivity index (χ2n) is 20.0. The first-order valence-corrected chi connectivity index (χ1v) is 30.1. The van der Waals surface area contributed by atoms with Crippen molar-refractivity contribution in [3.63, 3.8) is 0 Å². The van der Waals surface area contributed by atoms with Crippen molar-refractivity contribution in [3.8, 4) is 34.3 Å². The minimum absolute atomic E-state index is 0.0886. The summed E-state index contributed by atoms with van der Waals surface area (Å²) in [5, 5.41) is 16.4. The van der Waals surface area contributed by atoms with Gasteiger partial charge in [0.1, 0.15) is 32.5 Å². The highest BCUT2D eigenvalue weighted by molar-refractivity contribution is 7.91. The number of halogens is 2. The number of sulfone groups is 2. The van der Waals surface area contributed by atoms with E-state index in [1.807, 2.05) is 0 Å². The van der Waals surface area contributed by atoms with Crippen LogP contribution in [0.2, 0.25) is 0 Å². The third-order valence-electron chi connectivity index (χ3n) is 14.9. The third kappa shape index (κ3) is 10.1. The van der Waals surface area contributed by atoms with E-state index in [4.69, 9.17) is 37.1 Å². The molecule has 10 aromatic rings. The molecule has 82 heavy (non-hydrogen) atoms. The molecule has 2 atom stereocenters. The molecular weight excluding hydrogens is 1100 g/mol. The van der Waals surface area contributed by atoms with Crippen molar-refractivity contribution in [1.82, 2.24) is 69.0 Å². The maximum absolute atomic E-state index is 15.7. The van der Waals surface area contributed by atoms with Gasteiger partial charge in [0.2, 0.25) is 11.8 Å². The Morgan fingerprint density at radius 1 is 0.622 bits per heavy atom. The summed E-state index contributed by atoms with van der Waals surface area (Å²) in [5.41, 5.74) is 3.02. The highest BCUT2D eigenvalue weighted by Gasteiger charge is 2.38. The van der Waals surface area contributed by atoms with Gasteiger partial charge in [0, 0.05) is 97.2 Å². The summed E-state index contributed by atoms with van der Waals surface area (Å²) in [6.07, 6.45) is 12.8. The highest BCUT2D eigenvalue weighted by atomic mass is 32.2. The monoisotopic (exact) mass is 1160 g/mol. The van der Waals surface area contributed by atoms with E-state index in [0.717, 1.165) is 12.5 Å². The topological polar surface area (TPSA) is 254 Å². The van der Waals surface area contributed by atoms with Crippen LogP contribution in [0.1, 0.15) is 82.6 Å². The molecule has 12 rings (SSSR count). The predicted octanol–water partition coefficient (Wildman–Crippen LogP) is 8.08. The quantitative estimate of drug-likeness (QED) is 0.0997. The van der Waals surface area contributed by atoms with Crippen LogP contribution in [0, 0.1) is 37.2 Å². The molecule has 428 valence electrons.